The third kappa shape index (κ3) is 544. The third-order valence-corrected chi connectivity index (χ3v) is 0. The Morgan fingerprint density at radius 2 is 0.227 bits per heavy atom. The van der Waals surface area contributed by atoms with Crippen LogP contribution < -0.4 is 58.7 Å². The molecule has 12 nitrogen and oxygen atoms in total. The molecule has 0 unspecified atom stereocenters. The van der Waals surface area contributed by atoms with Gasteiger partial charge in [0.2, 0.25) is 0 Å². The second-order valence-corrected chi connectivity index (χ2v) is 2.68. The van der Waals surface area contributed by atoms with Crippen molar-refractivity contribution in [2.24, 2.45) is 0 Å². The molecule has 0 bridgehead atoms. The number of hydrogen-bond donors (Lipinski definition) is 0. The van der Waals surface area contributed by atoms with Crippen molar-refractivity contribution in [2.45, 2.75) is 0 Å². The van der Waals surface area contributed by atoms with Gasteiger partial charge >= 0.3 is 123 Å². The van der Waals surface area contributed by atoms with Gasteiger partial charge in [-0.1, -0.05) is 0 Å². The van der Waals surface area contributed by atoms with Gasteiger partial charge in [0.25, 0.3) is 0 Å². The van der Waals surface area contributed by atoms with Gasteiger partial charge in [0.05, 0.1) is 0 Å². The molecule has 0 heterocycles. The molecule has 0 fully saturated rings. The van der Waals surface area contributed by atoms with Gasteiger partial charge < -0.3 is 93.1 Å². The van der Waals surface area contributed by atoms with Gasteiger partial charge in [0.15, 0.2) is 0 Å². The summed E-state index contributed by atoms with van der Waals surface area (Å²) in [6.07, 6.45) is 0. The van der Waals surface area contributed by atoms with Gasteiger partial charge in [-0.25, -0.2) is 0 Å². The molecule has 0 aromatic carbocycles. The van der Waals surface area contributed by atoms with Crippen molar-refractivity contribution in [3.8, 4) is 0 Å². The molecule has 0 aromatic rings. The Kier molecular flexibility index (Phi) is 161. The van der Waals surface area contributed by atoms with Gasteiger partial charge in [0, 0.05) is 0 Å². The zero-order valence-corrected chi connectivity index (χ0v) is 21.5. The predicted octanol–water partition coefficient (Wildman–Crippen LogP) is -10.8. The summed E-state index contributed by atoms with van der Waals surface area (Å²) in [4.78, 5) is 102. The molecule has 0 spiro atoms. The van der Waals surface area contributed by atoms with Gasteiger partial charge in [-0.15, -0.1) is 0 Å². The van der Waals surface area contributed by atoms with Crippen LogP contribution in [0.1, 0.15) is 0 Å². The Morgan fingerprint density at radius 3 is 0.227 bits per heavy atom. The first kappa shape index (κ1) is 63.1. The molecule has 22 heteroatoms. The first-order valence-electron chi connectivity index (χ1n) is 2.19. The molecule has 0 radical (unpaired) electrons. The Labute approximate surface area is 213 Å². The zero-order valence-electron chi connectivity index (χ0n) is 8.59. The molecule has 22 heavy (non-hydrogen) atoms. The predicted molar refractivity (Wildman–Crippen MR) is 27.7 cm³/mol. The Morgan fingerprint density at radius 1 is 0.227 bits per heavy atom. The van der Waals surface area contributed by atoms with Gasteiger partial charge in [-0.3, -0.25) is 0 Å². The van der Waals surface area contributed by atoms with Crippen LogP contribution >= 0.6 is 34.4 Å². The Bertz CT molecular complexity index is 74.6. The average molecular weight is 954 g/mol. The molecule has 0 atom stereocenters. The molecular weight excluding hydrogens is 954 g/mol. The maximum absolute atomic E-state index is 8.48. The smallest absolute Gasteiger partial charge is 0.854 e. The minimum atomic E-state index is -3.37. The van der Waals surface area contributed by atoms with Gasteiger partial charge in [-0.2, -0.15) is 0 Å². The topological polar surface area (TPSA) is 277 Å². The van der Waals surface area contributed by atoms with E-state index in [0.29, 0.717) is 0 Å². The molecule has 0 aromatic heterocycles. The summed E-state index contributed by atoms with van der Waals surface area (Å²) >= 11 is 0. The monoisotopic (exact) mass is 951 g/mol. The van der Waals surface area contributed by atoms with Crippen molar-refractivity contribution in [3.05, 3.63) is 0 Å². The summed E-state index contributed by atoms with van der Waals surface area (Å²) in [5, 5.41) is 0. The molecule has 0 saturated heterocycles. The van der Waals surface area contributed by atoms with E-state index in [0.717, 1.165) is 0 Å². The molecule has 0 aliphatic carbocycles. The molecular formula is O12P4Pd6. The van der Waals surface area contributed by atoms with Crippen LogP contribution in [0.2, 0.25) is 0 Å². The van der Waals surface area contributed by atoms with Gasteiger partial charge in [0.1, 0.15) is 0 Å². The van der Waals surface area contributed by atoms with E-state index >= 15 is 0 Å². The minimum Gasteiger partial charge on any atom is -0.854 e. The fraction of sp³-hybridized carbons (Fsp3) is 0. The normalized spacial score (nSPS) is 6.55. The van der Waals surface area contributed by atoms with E-state index in [1.54, 1.807) is 0 Å². The van der Waals surface area contributed by atoms with E-state index in [1.165, 1.54) is 0 Å². The van der Waals surface area contributed by atoms with E-state index < -0.39 is 34.4 Å². The molecule has 152 valence electrons. The summed E-state index contributed by atoms with van der Waals surface area (Å²) in [6.45, 7) is 0. The van der Waals surface area contributed by atoms with Crippen LogP contribution in [0, 0.1) is 0 Å². The number of hydrogen-bond acceptors (Lipinski definition) is 12. The van der Waals surface area contributed by atoms with Crippen molar-refractivity contribution in [2.75, 3.05) is 0 Å². The van der Waals surface area contributed by atoms with Gasteiger partial charge in [-0.05, 0) is 0 Å². The average Bonchev–Trinajstić information content (AvgIpc) is 1.76. The van der Waals surface area contributed by atoms with Crippen molar-refractivity contribution in [3.63, 3.8) is 0 Å². The van der Waals surface area contributed by atoms with Crippen molar-refractivity contribution in [1.82, 2.24) is 0 Å². The second kappa shape index (κ2) is 56.2. The largest absolute Gasteiger partial charge is 2.00 e. The second-order valence-electron chi connectivity index (χ2n) is 0.894. The van der Waals surface area contributed by atoms with Crippen LogP contribution in [0.25, 0.3) is 0 Å². The van der Waals surface area contributed by atoms with E-state index in [2.05, 4.69) is 0 Å². The van der Waals surface area contributed by atoms with E-state index in [1.807, 2.05) is 0 Å². The standard InChI is InChI=1S/4O3P.6Pd/c4*1-4(2)3;;;;;;/q4*-3;6*+2. The van der Waals surface area contributed by atoms with E-state index in [-0.39, 0.29) is 123 Å². The Balaban J connectivity index is -0.00000001000. The maximum Gasteiger partial charge on any atom is 2.00 e. The first-order valence-corrected chi connectivity index (χ1v) is 6.57. The van der Waals surface area contributed by atoms with Crippen LogP contribution in [-0.2, 0) is 123 Å². The molecule has 0 N–H and O–H groups in total. The maximum atomic E-state index is 8.48. The van der Waals surface area contributed by atoms with E-state index in [4.69, 9.17) is 58.7 Å². The van der Waals surface area contributed by atoms with Crippen LogP contribution in [0.5, 0.6) is 0 Å². The van der Waals surface area contributed by atoms with Crippen molar-refractivity contribution >= 4 is 34.4 Å². The van der Waals surface area contributed by atoms with Crippen molar-refractivity contribution in [1.29, 1.82) is 0 Å². The summed E-state index contributed by atoms with van der Waals surface area (Å²) in [7, 11) is -13.5. The van der Waals surface area contributed by atoms with Crippen LogP contribution in [0.4, 0.5) is 0 Å². The van der Waals surface area contributed by atoms with Crippen LogP contribution in [0.3, 0.4) is 0 Å². The minimum absolute atomic E-state index is 0. The van der Waals surface area contributed by atoms with Crippen LogP contribution in [0.15, 0.2) is 0 Å². The number of rotatable bonds is 0. The summed E-state index contributed by atoms with van der Waals surface area (Å²) in [5.41, 5.74) is 0. The molecule has 0 saturated carbocycles. The fourth-order valence-electron chi connectivity index (χ4n) is 0. The quantitative estimate of drug-likeness (QED) is 0.162. The van der Waals surface area contributed by atoms with E-state index in [9.17, 15) is 0 Å². The third-order valence-electron chi connectivity index (χ3n) is 0. The summed E-state index contributed by atoms with van der Waals surface area (Å²) < 4.78 is 0. The Hall–Kier alpha value is 5.21. The summed E-state index contributed by atoms with van der Waals surface area (Å²) in [6, 6.07) is 0. The fourth-order valence-corrected chi connectivity index (χ4v) is 0. The SMILES string of the molecule is [O-]P([O-])[O-].[O-]P([O-])[O-].[O-]P([O-])[O-].[O-]P([O-])[O-].[Pd+2].[Pd+2].[Pd+2].[Pd+2].[Pd+2].[Pd+2]. The van der Waals surface area contributed by atoms with Crippen molar-refractivity contribution < 1.29 is 181 Å². The molecule has 0 aliphatic rings. The zero-order chi connectivity index (χ0) is 14.3. The summed E-state index contributed by atoms with van der Waals surface area (Å²) in [5.74, 6) is 0. The molecule has 0 amide bonds. The first-order chi connectivity index (χ1) is 6.93. The van der Waals surface area contributed by atoms with Crippen LogP contribution in [-0.4, -0.2) is 0 Å². The molecule has 0 aliphatic heterocycles. The molecule has 0 rings (SSSR count).